The highest BCUT2D eigenvalue weighted by Gasteiger charge is 2.20. The van der Waals surface area contributed by atoms with Crippen molar-refractivity contribution < 1.29 is 18.6 Å². The molecule has 0 aromatic heterocycles. The maximum absolute atomic E-state index is 13.8. The van der Waals surface area contributed by atoms with Crippen molar-refractivity contribution in [2.45, 2.75) is 12.5 Å². The van der Waals surface area contributed by atoms with Crippen molar-refractivity contribution in [3.8, 4) is 5.75 Å². The number of methoxy groups -OCH3 is 1. The van der Waals surface area contributed by atoms with Crippen molar-refractivity contribution in [1.29, 1.82) is 0 Å². The maximum atomic E-state index is 13.8. The highest BCUT2D eigenvalue weighted by atomic mass is 35.5. The Morgan fingerprint density at radius 1 is 1.20 bits per heavy atom. The fourth-order valence-electron chi connectivity index (χ4n) is 2.02. The lowest BCUT2D eigenvalue weighted by Gasteiger charge is -2.16. The second-order valence-corrected chi connectivity index (χ2v) is 4.75. The lowest BCUT2D eigenvalue weighted by molar-refractivity contribution is 0.167. The van der Waals surface area contributed by atoms with E-state index in [0.717, 1.165) is 6.07 Å². The van der Waals surface area contributed by atoms with E-state index in [9.17, 15) is 13.9 Å². The second-order valence-electron chi connectivity index (χ2n) is 4.31. The van der Waals surface area contributed by atoms with Crippen LogP contribution in [0.25, 0.3) is 0 Å². The van der Waals surface area contributed by atoms with Gasteiger partial charge in [0.05, 0.1) is 18.8 Å². The summed E-state index contributed by atoms with van der Waals surface area (Å²) in [6.45, 7) is 0. The molecule has 0 saturated carbocycles. The largest absolute Gasteiger partial charge is 0.496 e. The van der Waals surface area contributed by atoms with Crippen LogP contribution in [0.1, 0.15) is 17.2 Å². The van der Waals surface area contributed by atoms with E-state index in [2.05, 4.69) is 0 Å². The second kappa shape index (κ2) is 6.20. The first-order valence-corrected chi connectivity index (χ1v) is 6.35. The SMILES string of the molecule is COc1cccc(F)c1C(O)Cc1ccc(Cl)cc1F. The van der Waals surface area contributed by atoms with E-state index < -0.39 is 17.7 Å². The first kappa shape index (κ1) is 14.8. The lowest BCUT2D eigenvalue weighted by Crippen LogP contribution is -2.08. The fourth-order valence-corrected chi connectivity index (χ4v) is 2.18. The van der Waals surface area contributed by atoms with Crippen LogP contribution in [0.3, 0.4) is 0 Å². The smallest absolute Gasteiger partial charge is 0.132 e. The Morgan fingerprint density at radius 2 is 1.95 bits per heavy atom. The molecule has 2 aromatic rings. The van der Waals surface area contributed by atoms with Crippen LogP contribution in [0.2, 0.25) is 5.02 Å². The monoisotopic (exact) mass is 298 g/mol. The fraction of sp³-hybridized carbons (Fsp3) is 0.200. The normalized spacial score (nSPS) is 12.2. The molecular weight excluding hydrogens is 286 g/mol. The predicted octanol–water partition coefficient (Wildman–Crippen LogP) is 3.90. The molecule has 0 aliphatic heterocycles. The molecule has 20 heavy (non-hydrogen) atoms. The number of hydrogen-bond acceptors (Lipinski definition) is 2. The van der Waals surface area contributed by atoms with Crippen molar-refractivity contribution in [3.63, 3.8) is 0 Å². The number of hydrogen-bond donors (Lipinski definition) is 1. The minimum atomic E-state index is -1.21. The van der Waals surface area contributed by atoms with Gasteiger partial charge in [0, 0.05) is 11.4 Å². The van der Waals surface area contributed by atoms with E-state index in [1.165, 1.54) is 31.4 Å². The van der Waals surface area contributed by atoms with Gasteiger partial charge in [0.1, 0.15) is 17.4 Å². The van der Waals surface area contributed by atoms with Crippen LogP contribution < -0.4 is 4.74 Å². The zero-order valence-corrected chi connectivity index (χ0v) is 11.5. The van der Waals surface area contributed by atoms with Gasteiger partial charge in [-0.15, -0.1) is 0 Å². The molecule has 5 heteroatoms. The number of ether oxygens (including phenoxy) is 1. The van der Waals surface area contributed by atoms with Gasteiger partial charge in [-0.2, -0.15) is 0 Å². The molecule has 0 aliphatic carbocycles. The molecule has 0 amide bonds. The Bertz CT molecular complexity index is 617. The highest BCUT2D eigenvalue weighted by Crippen LogP contribution is 2.30. The number of halogens is 3. The average molecular weight is 299 g/mol. The molecule has 106 valence electrons. The topological polar surface area (TPSA) is 29.5 Å². The van der Waals surface area contributed by atoms with E-state index in [1.54, 1.807) is 6.07 Å². The van der Waals surface area contributed by atoms with Crippen LogP contribution in [0.4, 0.5) is 8.78 Å². The molecule has 1 atom stereocenters. The zero-order chi connectivity index (χ0) is 14.7. The Kier molecular flexibility index (Phi) is 4.57. The first-order chi connectivity index (χ1) is 9.52. The maximum Gasteiger partial charge on any atom is 0.132 e. The predicted molar refractivity (Wildman–Crippen MR) is 73.0 cm³/mol. The van der Waals surface area contributed by atoms with Crippen LogP contribution in [0, 0.1) is 11.6 Å². The van der Waals surface area contributed by atoms with Gasteiger partial charge in [-0.1, -0.05) is 23.7 Å². The summed E-state index contributed by atoms with van der Waals surface area (Å²) in [5.41, 5.74) is 0.275. The summed E-state index contributed by atoms with van der Waals surface area (Å²) >= 11 is 5.66. The molecular formula is C15H13ClF2O2. The summed E-state index contributed by atoms with van der Waals surface area (Å²) in [4.78, 5) is 0. The average Bonchev–Trinajstić information content (AvgIpc) is 2.41. The van der Waals surface area contributed by atoms with Crippen molar-refractivity contribution in [3.05, 3.63) is 64.2 Å². The van der Waals surface area contributed by atoms with Gasteiger partial charge in [0.15, 0.2) is 0 Å². The zero-order valence-electron chi connectivity index (χ0n) is 10.7. The standard InChI is InChI=1S/C15H13ClF2O2/c1-20-14-4-2-3-11(17)15(14)13(19)7-9-5-6-10(16)8-12(9)18/h2-6,8,13,19H,7H2,1H3. The Morgan fingerprint density at radius 3 is 2.60 bits per heavy atom. The van der Waals surface area contributed by atoms with Crippen LogP contribution in [-0.2, 0) is 6.42 Å². The number of benzene rings is 2. The molecule has 0 heterocycles. The van der Waals surface area contributed by atoms with Gasteiger partial charge in [-0.3, -0.25) is 0 Å². The van der Waals surface area contributed by atoms with Gasteiger partial charge in [-0.25, -0.2) is 8.78 Å². The summed E-state index contributed by atoms with van der Waals surface area (Å²) in [5.74, 6) is -0.898. The van der Waals surface area contributed by atoms with Gasteiger partial charge in [0.2, 0.25) is 0 Å². The first-order valence-electron chi connectivity index (χ1n) is 5.97. The van der Waals surface area contributed by atoms with Crippen LogP contribution >= 0.6 is 11.6 Å². The summed E-state index contributed by atoms with van der Waals surface area (Å²) < 4.78 is 32.5. The van der Waals surface area contributed by atoms with Gasteiger partial charge in [-0.05, 0) is 29.8 Å². The molecule has 0 aliphatic rings. The molecule has 2 aromatic carbocycles. The minimum absolute atomic E-state index is 0.0179. The summed E-state index contributed by atoms with van der Waals surface area (Å²) in [7, 11) is 1.38. The quantitative estimate of drug-likeness (QED) is 0.927. The highest BCUT2D eigenvalue weighted by molar-refractivity contribution is 6.30. The third-order valence-corrected chi connectivity index (χ3v) is 3.23. The minimum Gasteiger partial charge on any atom is -0.496 e. The van der Waals surface area contributed by atoms with Gasteiger partial charge in [0.25, 0.3) is 0 Å². The third kappa shape index (κ3) is 3.08. The van der Waals surface area contributed by atoms with Crippen LogP contribution in [-0.4, -0.2) is 12.2 Å². The molecule has 0 radical (unpaired) electrons. The van der Waals surface area contributed by atoms with Gasteiger partial charge < -0.3 is 9.84 Å². The molecule has 0 fully saturated rings. The number of aliphatic hydroxyl groups is 1. The summed E-state index contributed by atoms with van der Waals surface area (Å²) in [6.07, 6.45) is -1.28. The van der Waals surface area contributed by atoms with Crippen molar-refractivity contribution >= 4 is 11.6 Å². The van der Waals surface area contributed by atoms with Crippen LogP contribution in [0.5, 0.6) is 5.75 Å². The number of rotatable bonds is 4. The molecule has 0 bridgehead atoms. The van der Waals surface area contributed by atoms with E-state index in [-0.39, 0.29) is 28.3 Å². The van der Waals surface area contributed by atoms with Crippen molar-refractivity contribution in [2.24, 2.45) is 0 Å². The third-order valence-electron chi connectivity index (χ3n) is 2.99. The van der Waals surface area contributed by atoms with Crippen molar-refractivity contribution in [1.82, 2.24) is 0 Å². The molecule has 0 saturated heterocycles. The summed E-state index contributed by atoms with van der Waals surface area (Å²) in [5, 5.41) is 10.4. The summed E-state index contributed by atoms with van der Waals surface area (Å²) in [6, 6.07) is 8.38. The lowest BCUT2D eigenvalue weighted by atomic mass is 10.00. The van der Waals surface area contributed by atoms with Gasteiger partial charge >= 0.3 is 0 Å². The van der Waals surface area contributed by atoms with E-state index in [0.29, 0.717) is 0 Å². The Balaban J connectivity index is 2.30. The molecule has 2 rings (SSSR count). The van der Waals surface area contributed by atoms with E-state index >= 15 is 0 Å². The Labute approximate surface area is 120 Å². The molecule has 0 spiro atoms. The Hall–Kier alpha value is -1.65. The molecule has 1 N–H and O–H groups in total. The van der Waals surface area contributed by atoms with Crippen LogP contribution in [0.15, 0.2) is 36.4 Å². The molecule has 1 unspecified atom stereocenters. The van der Waals surface area contributed by atoms with Crippen molar-refractivity contribution in [2.75, 3.05) is 7.11 Å². The molecule has 2 nitrogen and oxygen atoms in total. The van der Waals surface area contributed by atoms with E-state index in [1.807, 2.05) is 0 Å². The van der Waals surface area contributed by atoms with E-state index in [4.69, 9.17) is 16.3 Å². The number of aliphatic hydroxyl groups excluding tert-OH is 1.